The molecular weight excluding hydrogens is 226 g/mol. The van der Waals surface area contributed by atoms with E-state index < -0.39 is 0 Å². The summed E-state index contributed by atoms with van der Waals surface area (Å²) in [5.41, 5.74) is 6.95. The zero-order valence-electron chi connectivity index (χ0n) is 11.6. The van der Waals surface area contributed by atoms with Crippen LogP contribution < -0.4 is 10.5 Å². The number of aromatic hydroxyl groups is 1. The van der Waals surface area contributed by atoms with Crippen molar-refractivity contribution in [3.63, 3.8) is 0 Å². The lowest BCUT2D eigenvalue weighted by atomic mass is 9.97. The zero-order chi connectivity index (χ0) is 13.5. The molecule has 3 nitrogen and oxygen atoms in total. The summed E-state index contributed by atoms with van der Waals surface area (Å²) in [5, 5.41) is 10.0. The van der Waals surface area contributed by atoms with Gasteiger partial charge in [0.05, 0.1) is 6.61 Å². The molecule has 1 aromatic rings. The van der Waals surface area contributed by atoms with E-state index >= 15 is 0 Å². The van der Waals surface area contributed by atoms with Gasteiger partial charge in [0.25, 0.3) is 0 Å². The van der Waals surface area contributed by atoms with Gasteiger partial charge in [-0.05, 0) is 43.7 Å². The van der Waals surface area contributed by atoms with E-state index in [-0.39, 0.29) is 11.8 Å². The fourth-order valence-electron chi connectivity index (χ4n) is 1.90. The standard InChI is InChI=1S/C15H25NO2/c1-4-18-14-10-6-8-12(15(14)17)7-5-9-13(16)11(2)3/h6,8,10-11,13,17H,4-5,7,9,16H2,1-3H3. The highest BCUT2D eigenvalue weighted by Gasteiger charge is 2.10. The molecule has 0 radical (unpaired) electrons. The number of ether oxygens (including phenoxy) is 1. The van der Waals surface area contributed by atoms with Gasteiger partial charge in [-0.2, -0.15) is 0 Å². The summed E-state index contributed by atoms with van der Waals surface area (Å²) in [4.78, 5) is 0. The van der Waals surface area contributed by atoms with E-state index in [2.05, 4.69) is 13.8 Å². The molecule has 102 valence electrons. The normalized spacial score (nSPS) is 12.7. The number of hydrogen-bond donors (Lipinski definition) is 2. The van der Waals surface area contributed by atoms with Crippen LogP contribution in [-0.4, -0.2) is 17.8 Å². The average Bonchev–Trinajstić information content (AvgIpc) is 2.33. The fourth-order valence-corrected chi connectivity index (χ4v) is 1.90. The lowest BCUT2D eigenvalue weighted by Gasteiger charge is -2.15. The maximum absolute atomic E-state index is 10.0. The number of benzene rings is 1. The van der Waals surface area contributed by atoms with Gasteiger partial charge in [-0.15, -0.1) is 0 Å². The molecule has 0 aliphatic rings. The summed E-state index contributed by atoms with van der Waals surface area (Å²) < 4.78 is 5.37. The van der Waals surface area contributed by atoms with Crippen LogP contribution in [0.1, 0.15) is 39.2 Å². The average molecular weight is 251 g/mol. The molecule has 1 unspecified atom stereocenters. The molecule has 0 saturated carbocycles. The number of hydrogen-bond acceptors (Lipinski definition) is 3. The summed E-state index contributed by atoms with van der Waals surface area (Å²) in [5.74, 6) is 1.36. The molecule has 0 aliphatic heterocycles. The number of aryl methyl sites for hydroxylation is 1. The van der Waals surface area contributed by atoms with Gasteiger partial charge in [-0.1, -0.05) is 26.0 Å². The molecule has 1 atom stereocenters. The minimum atomic E-state index is 0.238. The first kappa shape index (κ1) is 14.8. The molecule has 3 N–H and O–H groups in total. The highest BCUT2D eigenvalue weighted by Crippen LogP contribution is 2.30. The van der Waals surface area contributed by atoms with E-state index in [1.54, 1.807) is 6.07 Å². The van der Waals surface area contributed by atoms with E-state index in [1.165, 1.54) is 0 Å². The van der Waals surface area contributed by atoms with Crippen molar-refractivity contribution in [3.8, 4) is 11.5 Å². The molecule has 0 fully saturated rings. The predicted octanol–water partition coefficient (Wildman–Crippen LogP) is 3.10. The van der Waals surface area contributed by atoms with Crippen LogP contribution in [0.5, 0.6) is 11.5 Å². The molecule has 1 aromatic carbocycles. The highest BCUT2D eigenvalue weighted by molar-refractivity contribution is 5.45. The van der Waals surface area contributed by atoms with Crippen molar-refractivity contribution >= 4 is 0 Å². The third-order valence-electron chi connectivity index (χ3n) is 3.22. The fraction of sp³-hybridized carbons (Fsp3) is 0.600. The van der Waals surface area contributed by atoms with Gasteiger partial charge in [0.2, 0.25) is 0 Å². The van der Waals surface area contributed by atoms with Gasteiger partial charge < -0.3 is 15.6 Å². The lowest BCUT2D eigenvalue weighted by Crippen LogP contribution is -2.26. The first-order chi connectivity index (χ1) is 8.56. The van der Waals surface area contributed by atoms with Crippen molar-refractivity contribution in [3.05, 3.63) is 23.8 Å². The van der Waals surface area contributed by atoms with Gasteiger partial charge in [-0.3, -0.25) is 0 Å². The highest BCUT2D eigenvalue weighted by atomic mass is 16.5. The quantitative estimate of drug-likeness (QED) is 0.783. The lowest BCUT2D eigenvalue weighted by molar-refractivity contribution is 0.316. The molecule has 0 aliphatic carbocycles. The maximum atomic E-state index is 10.0. The van der Waals surface area contributed by atoms with Crippen LogP contribution in [0.4, 0.5) is 0 Å². The van der Waals surface area contributed by atoms with Crippen LogP contribution in [0.2, 0.25) is 0 Å². The molecule has 1 rings (SSSR count). The van der Waals surface area contributed by atoms with Crippen molar-refractivity contribution < 1.29 is 9.84 Å². The largest absolute Gasteiger partial charge is 0.504 e. The zero-order valence-corrected chi connectivity index (χ0v) is 11.6. The maximum Gasteiger partial charge on any atom is 0.161 e. The predicted molar refractivity (Wildman–Crippen MR) is 75.0 cm³/mol. The van der Waals surface area contributed by atoms with Gasteiger partial charge in [0.15, 0.2) is 11.5 Å². The van der Waals surface area contributed by atoms with Crippen LogP contribution in [0, 0.1) is 5.92 Å². The second kappa shape index (κ2) is 7.27. The van der Waals surface area contributed by atoms with Crippen molar-refractivity contribution in [2.45, 2.75) is 46.1 Å². The molecule has 0 spiro atoms. The Labute approximate surface area is 110 Å². The summed E-state index contributed by atoms with van der Waals surface area (Å²) in [6.45, 7) is 6.75. The Hall–Kier alpha value is -1.22. The minimum Gasteiger partial charge on any atom is -0.504 e. The van der Waals surface area contributed by atoms with E-state index in [0.717, 1.165) is 24.8 Å². The third kappa shape index (κ3) is 4.22. The summed E-state index contributed by atoms with van der Waals surface area (Å²) in [6.07, 6.45) is 2.81. The Morgan fingerprint density at radius 1 is 1.33 bits per heavy atom. The van der Waals surface area contributed by atoms with Crippen LogP contribution in [0.3, 0.4) is 0 Å². The molecule has 3 heteroatoms. The number of rotatable bonds is 7. The summed E-state index contributed by atoms with van der Waals surface area (Å²) in [7, 11) is 0. The summed E-state index contributed by atoms with van der Waals surface area (Å²) in [6, 6.07) is 5.89. The van der Waals surface area contributed by atoms with Crippen LogP contribution in [-0.2, 0) is 6.42 Å². The molecular formula is C15H25NO2. The molecule has 0 saturated heterocycles. The molecule has 0 bridgehead atoms. The van der Waals surface area contributed by atoms with Crippen LogP contribution in [0.15, 0.2) is 18.2 Å². The first-order valence-electron chi connectivity index (χ1n) is 6.75. The Kier molecular flexibility index (Phi) is 5.99. The number of phenols is 1. The molecule has 18 heavy (non-hydrogen) atoms. The van der Waals surface area contributed by atoms with Gasteiger partial charge in [0, 0.05) is 6.04 Å². The smallest absolute Gasteiger partial charge is 0.161 e. The van der Waals surface area contributed by atoms with Gasteiger partial charge in [-0.25, -0.2) is 0 Å². The van der Waals surface area contributed by atoms with Crippen LogP contribution >= 0.6 is 0 Å². The van der Waals surface area contributed by atoms with E-state index in [4.69, 9.17) is 10.5 Å². The molecule has 0 amide bonds. The van der Waals surface area contributed by atoms with E-state index in [1.807, 2.05) is 19.1 Å². The third-order valence-corrected chi connectivity index (χ3v) is 3.22. The van der Waals surface area contributed by atoms with Crippen molar-refractivity contribution in [1.82, 2.24) is 0 Å². The SMILES string of the molecule is CCOc1cccc(CCCC(N)C(C)C)c1O. The Balaban J connectivity index is 2.54. The van der Waals surface area contributed by atoms with Crippen molar-refractivity contribution in [2.75, 3.05) is 6.61 Å². The van der Waals surface area contributed by atoms with Gasteiger partial charge in [0.1, 0.15) is 0 Å². The van der Waals surface area contributed by atoms with Crippen LogP contribution in [0.25, 0.3) is 0 Å². The Morgan fingerprint density at radius 2 is 2.06 bits per heavy atom. The van der Waals surface area contributed by atoms with E-state index in [0.29, 0.717) is 18.3 Å². The number of phenolic OH excluding ortho intramolecular Hbond substituents is 1. The topological polar surface area (TPSA) is 55.5 Å². The number of para-hydroxylation sites is 1. The Morgan fingerprint density at radius 3 is 2.67 bits per heavy atom. The monoisotopic (exact) mass is 251 g/mol. The van der Waals surface area contributed by atoms with Gasteiger partial charge >= 0.3 is 0 Å². The first-order valence-corrected chi connectivity index (χ1v) is 6.75. The van der Waals surface area contributed by atoms with Crippen molar-refractivity contribution in [2.24, 2.45) is 11.7 Å². The minimum absolute atomic E-state index is 0.238. The number of nitrogens with two attached hydrogens (primary N) is 1. The second-order valence-electron chi connectivity index (χ2n) is 5.00. The second-order valence-corrected chi connectivity index (χ2v) is 5.00. The van der Waals surface area contributed by atoms with E-state index in [9.17, 15) is 5.11 Å². The Bertz CT molecular complexity index is 364. The van der Waals surface area contributed by atoms with Crippen molar-refractivity contribution in [1.29, 1.82) is 0 Å². The molecule has 0 aromatic heterocycles. The summed E-state index contributed by atoms with van der Waals surface area (Å²) >= 11 is 0. The molecule has 0 heterocycles.